The fourth-order valence-electron chi connectivity index (χ4n) is 0. The van der Waals surface area contributed by atoms with E-state index in [9.17, 15) is 0 Å². The Balaban J connectivity index is -0.0000000133. The summed E-state index contributed by atoms with van der Waals surface area (Å²) >= 11 is 0. The van der Waals surface area contributed by atoms with Crippen LogP contribution in [-0.2, 0) is 0 Å². The Morgan fingerprint density at radius 3 is 1.44 bits per heavy atom. The number of hydrogen-bond acceptors (Lipinski definition) is 3. The van der Waals surface area contributed by atoms with E-state index < -0.39 is 6.10 Å². The van der Waals surface area contributed by atoms with Crippen LogP contribution in [0.5, 0.6) is 0 Å². The molecule has 0 saturated carbocycles. The molecule has 0 bridgehead atoms. The summed E-state index contributed by atoms with van der Waals surface area (Å²) in [7, 11) is 0. The summed E-state index contributed by atoms with van der Waals surface area (Å²) < 4.78 is 0. The smallest absolute Gasteiger partial charge is 1.00 e. The van der Waals surface area contributed by atoms with Crippen LogP contribution in [0.1, 0.15) is 6.92 Å². The standard InChI is InChI=1S/C3H8O2.ClH.2Na.H2O/c1-3(5)2-4;;;;/h3-5H,2H2,1H3;1H;;;1H2/q;;2*+1;/p-2. The molecule has 0 rings (SSSR count). The van der Waals surface area contributed by atoms with Crippen LogP contribution in [0.2, 0.25) is 0 Å². The van der Waals surface area contributed by atoms with Gasteiger partial charge in [-0.2, -0.15) is 0 Å². The van der Waals surface area contributed by atoms with Gasteiger partial charge in [0.15, 0.2) is 0 Å². The minimum Gasteiger partial charge on any atom is -1.00 e. The van der Waals surface area contributed by atoms with Gasteiger partial charge in [0.2, 0.25) is 0 Å². The van der Waals surface area contributed by atoms with Crippen molar-refractivity contribution >= 4 is 0 Å². The molecule has 0 heterocycles. The molecular formula is C3H9ClNa2O3. The van der Waals surface area contributed by atoms with Gasteiger partial charge in [-0.1, -0.05) is 0 Å². The Morgan fingerprint density at radius 2 is 1.44 bits per heavy atom. The number of aliphatic hydroxyl groups is 2. The number of rotatable bonds is 1. The summed E-state index contributed by atoms with van der Waals surface area (Å²) in [6, 6.07) is 0. The first-order valence-corrected chi connectivity index (χ1v) is 1.56. The largest absolute Gasteiger partial charge is 1.00 e. The van der Waals surface area contributed by atoms with Gasteiger partial charge in [-0.3, -0.25) is 0 Å². The normalized spacial score (nSPS) is 8.33. The fourth-order valence-corrected chi connectivity index (χ4v) is 0. The van der Waals surface area contributed by atoms with E-state index in [-0.39, 0.29) is 83.6 Å². The van der Waals surface area contributed by atoms with Crippen LogP contribution in [0, 0.1) is 0 Å². The van der Waals surface area contributed by atoms with Crippen molar-refractivity contribution in [2.45, 2.75) is 13.0 Å². The van der Waals surface area contributed by atoms with Gasteiger partial charge in [0.05, 0.1) is 12.7 Å². The van der Waals surface area contributed by atoms with E-state index in [2.05, 4.69) is 0 Å². The molecule has 3 N–H and O–H groups in total. The third-order valence-electron chi connectivity index (χ3n) is 0.264. The van der Waals surface area contributed by atoms with E-state index in [1.807, 2.05) is 0 Å². The Kier molecular flexibility index (Phi) is 75.7. The van der Waals surface area contributed by atoms with Crippen molar-refractivity contribution in [2.24, 2.45) is 0 Å². The van der Waals surface area contributed by atoms with Gasteiger partial charge in [-0.25, -0.2) is 0 Å². The molecule has 0 aromatic rings. The second-order valence-corrected chi connectivity index (χ2v) is 1.03. The molecule has 48 valence electrons. The van der Waals surface area contributed by atoms with E-state index in [1.165, 1.54) is 6.92 Å². The van der Waals surface area contributed by atoms with E-state index in [1.54, 1.807) is 0 Å². The van der Waals surface area contributed by atoms with Gasteiger partial charge in [-0.15, -0.1) is 0 Å². The second-order valence-electron chi connectivity index (χ2n) is 1.03. The molecule has 0 fully saturated rings. The quantitative estimate of drug-likeness (QED) is 0.388. The molecule has 3 nitrogen and oxygen atoms in total. The molecule has 0 aliphatic rings. The van der Waals surface area contributed by atoms with Crippen LogP contribution in [0.25, 0.3) is 0 Å². The Labute approximate surface area is 106 Å². The van der Waals surface area contributed by atoms with Crippen molar-refractivity contribution in [1.29, 1.82) is 0 Å². The molecule has 6 heteroatoms. The van der Waals surface area contributed by atoms with Crippen molar-refractivity contribution < 1.29 is 87.2 Å². The topological polar surface area (TPSA) is 70.5 Å². The van der Waals surface area contributed by atoms with E-state index in [4.69, 9.17) is 10.2 Å². The molecule has 0 aliphatic carbocycles. The molecular weight excluding hydrogens is 165 g/mol. The second kappa shape index (κ2) is 22.5. The molecule has 9 heavy (non-hydrogen) atoms. The fraction of sp³-hybridized carbons (Fsp3) is 1.00. The molecule has 0 aliphatic heterocycles. The zero-order valence-corrected chi connectivity index (χ0v) is 10.8. The third kappa shape index (κ3) is 39.0. The Hall–Kier alpha value is 2.17. The molecule has 0 saturated heterocycles. The summed E-state index contributed by atoms with van der Waals surface area (Å²) in [6.07, 6.45) is -0.560. The average molecular weight is 175 g/mol. The maximum Gasteiger partial charge on any atom is 1.00 e. The van der Waals surface area contributed by atoms with Crippen molar-refractivity contribution in [2.75, 3.05) is 6.61 Å². The predicted octanol–water partition coefficient (Wildman–Crippen LogP) is -9.81. The van der Waals surface area contributed by atoms with Crippen LogP contribution in [0.4, 0.5) is 0 Å². The van der Waals surface area contributed by atoms with Gasteiger partial charge >= 0.3 is 59.1 Å². The van der Waals surface area contributed by atoms with Gasteiger partial charge in [-0.05, 0) is 6.92 Å². The van der Waals surface area contributed by atoms with E-state index >= 15 is 0 Å². The maximum absolute atomic E-state index is 8.11. The summed E-state index contributed by atoms with van der Waals surface area (Å²) in [4.78, 5) is 0. The van der Waals surface area contributed by atoms with Crippen LogP contribution in [0.15, 0.2) is 0 Å². The number of hydrogen-bond donors (Lipinski definition) is 2. The Bertz CT molecular complexity index is 31.0. The van der Waals surface area contributed by atoms with Gasteiger partial charge in [0, 0.05) is 0 Å². The first-order chi connectivity index (χ1) is 2.27. The van der Waals surface area contributed by atoms with Crippen LogP contribution in [-0.4, -0.2) is 28.4 Å². The molecule has 1 atom stereocenters. The van der Waals surface area contributed by atoms with E-state index in [0.29, 0.717) is 0 Å². The molecule has 1 unspecified atom stereocenters. The van der Waals surface area contributed by atoms with E-state index in [0.717, 1.165) is 0 Å². The van der Waals surface area contributed by atoms with Gasteiger partial charge in [0.25, 0.3) is 0 Å². The SMILES string of the molecule is CC(O)CO.[Cl-].[Na+].[Na+].[OH-]. The van der Waals surface area contributed by atoms with Crippen LogP contribution in [0.3, 0.4) is 0 Å². The first kappa shape index (κ1) is 30.3. The number of aliphatic hydroxyl groups excluding tert-OH is 2. The van der Waals surface area contributed by atoms with Gasteiger partial charge in [0.1, 0.15) is 0 Å². The Morgan fingerprint density at radius 1 is 1.33 bits per heavy atom. The van der Waals surface area contributed by atoms with Crippen molar-refractivity contribution in [3.63, 3.8) is 0 Å². The summed E-state index contributed by atoms with van der Waals surface area (Å²) in [6.45, 7) is 1.39. The minimum atomic E-state index is -0.560. The minimum absolute atomic E-state index is 0. The summed E-state index contributed by atoms with van der Waals surface area (Å²) in [5.74, 6) is 0. The average Bonchev–Trinajstić information content (AvgIpc) is 1.38. The van der Waals surface area contributed by atoms with Gasteiger partial charge < -0.3 is 28.1 Å². The third-order valence-corrected chi connectivity index (χ3v) is 0.264. The molecule has 0 spiro atoms. The number of halogens is 1. The zero-order valence-electron chi connectivity index (χ0n) is 6.00. The zero-order chi connectivity index (χ0) is 4.28. The first-order valence-electron chi connectivity index (χ1n) is 1.56. The molecule has 0 amide bonds. The monoisotopic (exact) mass is 174 g/mol. The van der Waals surface area contributed by atoms with Crippen molar-refractivity contribution in [3.05, 3.63) is 0 Å². The van der Waals surface area contributed by atoms with Crippen molar-refractivity contribution in [1.82, 2.24) is 0 Å². The summed E-state index contributed by atoms with van der Waals surface area (Å²) in [5.41, 5.74) is 0. The van der Waals surface area contributed by atoms with Crippen LogP contribution < -0.4 is 71.5 Å². The maximum atomic E-state index is 8.11. The molecule has 0 radical (unpaired) electrons. The van der Waals surface area contributed by atoms with Crippen molar-refractivity contribution in [3.8, 4) is 0 Å². The summed E-state index contributed by atoms with van der Waals surface area (Å²) in [5, 5.41) is 16.0. The molecule has 0 aromatic heterocycles. The molecule has 0 aromatic carbocycles. The van der Waals surface area contributed by atoms with Crippen LogP contribution >= 0.6 is 0 Å². The predicted molar refractivity (Wildman–Crippen MR) is 20.7 cm³/mol.